The molecule has 0 saturated carbocycles. The topological polar surface area (TPSA) is 12.5 Å². The predicted molar refractivity (Wildman–Crippen MR) is 74.4 cm³/mol. The summed E-state index contributed by atoms with van der Waals surface area (Å²) >= 11 is 0. The van der Waals surface area contributed by atoms with E-state index in [1.54, 1.807) is 0 Å². The molecule has 1 aliphatic rings. The van der Waals surface area contributed by atoms with Crippen molar-refractivity contribution in [2.75, 3.05) is 19.7 Å². The van der Waals surface area contributed by atoms with E-state index in [0.717, 1.165) is 12.5 Å². The molecule has 1 heterocycles. The molecule has 0 aromatic carbocycles. The zero-order valence-electron chi connectivity index (χ0n) is 12.7. The Morgan fingerprint density at radius 2 is 1.53 bits per heavy atom. The smallest absolute Gasteiger partial charge is 0.0598 e. The number of likely N-dealkylation sites (tertiary alicyclic amines) is 1. The largest absolute Gasteiger partial charge is 0.376 e. The van der Waals surface area contributed by atoms with Crippen molar-refractivity contribution in [1.29, 1.82) is 0 Å². The molecule has 0 N–H and O–H groups in total. The Hall–Kier alpha value is -0.0800. The predicted octanol–water partition coefficient (Wildman–Crippen LogP) is 3.70. The second-order valence-corrected chi connectivity index (χ2v) is 7.35. The Bertz CT molecular complexity index is 213. The van der Waals surface area contributed by atoms with E-state index in [-0.39, 0.29) is 5.60 Å². The van der Waals surface area contributed by atoms with Crippen molar-refractivity contribution < 1.29 is 4.74 Å². The van der Waals surface area contributed by atoms with E-state index in [1.807, 2.05) is 0 Å². The van der Waals surface area contributed by atoms with Gasteiger partial charge in [0.2, 0.25) is 0 Å². The zero-order chi connectivity index (χ0) is 13.1. The Balaban J connectivity index is 2.20. The van der Waals surface area contributed by atoms with Gasteiger partial charge in [-0.3, -0.25) is 4.90 Å². The summed E-state index contributed by atoms with van der Waals surface area (Å²) in [6.07, 6.45) is 3.91. The molecule has 1 aliphatic heterocycles. The minimum absolute atomic E-state index is 0.0200. The van der Waals surface area contributed by atoms with Crippen LogP contribution in [0.1, 0.15) is 60.8 Å². The van der Waals surface area contributed by atoms with E-state index in [9.17, 15) is 0 Å². The third kappa shape index (κ3) is 5.87. The molecule has 1 saturated heterocycles. The van der Waals surface area contributed by atoms with E-state index >= 15 is 0 Å². The van der Waals surface area contributed by atoms with Crippen molar-refractivity contribution in [3.63, 3.8) is 0 Å². The SMILES string of the molecule is CC(C)(C)OCCC1CCN(C(C)(C)C)CC1. The normalized spacial score (nSPS) is 20.8. The Morgan fingerprint density at radius 3 is 1.94 bits per heavy atom. The second-order valence-electron chi connectivity index (χ2n) is 7.35. The van der Waals surface area contributed by atoms with Gasteiger partial charge in [-0.15, -0.1) is 0 Å². The second kappa shape index (κ2) is 5.71. The highest BCUT2D eigenvalue weighted by atomic mass is 16.5. The molecule has 2 heteroatoms. The summed E-state index contributed by atoms with van der Waals surface area (Å²) in [5, 5.41) is 0. The summed E-state index contributed by atoms with van der Waals surface area (Å²) in [6.45, 7) is 16.8. The van der Waals surface area contributed by atoms with Gasteiger partial charge in [-0.05, 0) is 79.8 Å². The zero-order valence-corrected chi connectivity index (χ0v) is 12.7. The van der Waals surface area contributed by atoms with Crippen molar-refractivity contribution in [2.24, 2.45) is 5.92 Å². The summed E-state index contributed by atoms with van der Waals surface area (Å²) < 4.78 is 5.81. The van der Waals surface area contributed by atoms with E-state index in [2.05, 4.69) is 46.4 Å². The van der Waals surface area contributed by atoms with Gasteiger partial charge in [0, 0.05) is 12.1 Å². The van der Waals surface area contributed by atoms with Crippen LogP contribution < -0.4 is 0 Å². The van der Waals surface area contributed by atoms with Crippen LogP contribution in [0.2, 0.25) is 0 Å². The lowest BCUT2D eigenvalue weighted by Crippen LogP contribution is -2.46. The minimum Gasteiger partial charge on any atom is -0.376 e. The van der Waals surface area contributed by atoms with E-state index in [0.29, 0.717) is 5.54 Å². The highest BCUT2D eigenvalue weighted by molar-refractivity contribution is 4.81. The summed E-state index contributed by atoms with van der Waals surface area (Å²) in [5.74, 6) is 0.871. The molecule has 0 radical (unpaired) electrons. The van der Waals surface area contributed by atoms with E-state index in [1.165, 1.54) is 32.4 Å². The van der Waals surface area contributed by atoms with Gasteiger partial charge in [-0.25, -0.2) is 0 Å². The number of hydrogen-bond donors (Lipinski definition) is 0. The lowest BCUT2D eigenvalue weighted by atomic mass is 9.91. The van der Waals surface area contributed by atoms with E-state index < -0.39 is 0 Å². The van der Waals surface area contributed by atoms with Crippen LogP contribution in [0.25, 0.3) is 0 Å². The van der Waals surface area contributed by atoms with Gasteiger partial charge in [0.05, 0.1) is 5.60 Å². The number of piperidine rings is 1. The molecule has 0 bridgehead atoms. The Labute approximate surface area is 108 Å². The average molecular weight is 241 g/mol. The van der Waals surface area contributed by atoms with Gasteiger partial charge in [0.15, 0.2) is 0 Å². The monoisotopic (exact) mass is 241 g/mol. The number of hydrogen-bond acceptors (Lipinski definition) is 2. The molecule has 0 amide bonds. The average Bonchev–Trinajstić information content (AvgIpc) is 2.15. The van der Waals surface area contributed by atoms with Crippen LogP contribution in [0.15, 0.2) is 0 Å². The van der Waals surface area contributed by atoms with Gasteiger partial charge in [-0.1, -0.05) is 0 Å². The summed E-state index contributed by atoms with van der Waals surface area (Å²) in [6, 6.07) is 0. The van der Waals surface area contributed by atoms with Gasteiger partial charge >= 0.3 is 0 Å². The van der Waals surface area contributed by atoms with Crippen molar-refractivity contribution in [3.05, 3.63) is 0 Å². The van der Waals surface area contributed by atoms with Gasteiger partial charge in [0.1, 0.15) is 0 Å². The fourth-order valence-electron chi connectivity index (χ4n) is 2.42. The molecule has 1 rings (SSSR count). The van der Waals surface area contributed by atoms with Gasteiger partial charge in [0.25, 0.3) is 0 Å². The molecule has 1 fully saturated rings. The molecule has 0 aliphatic carbocycles. The molecule has 2 nitrogen and oxygen atoms in total. The summed E-state index contributed by atoms with van der Waals surface area (Å²) in [5.41, 5.74) is 0.360. The maximum atomic E-state index is 5.81. The first-order chi connectivity index (χ1) is 7.68. The van der Waals surface area contributed by atoms with Crippen LogP contribution in [0, 0.1) is 5.92 Å². The Morgan fingerprint density at radius 1 is 1.00 bits per heavy atom. The molecular formula is C15H31NO. The molecular weight excluding hydrogens is 210 g/mol. The maximum absolute atomic E-state index is 5.81. The fraction of sp³-hybridized carbons (Fsp3) is 1.00. The Kier molecular flexibility index (Phi) is 5.03. The minimum atomic E-state index is 0.0200. The molecule has 0 atom stereocenters. The maximum Gasteiger partial charge on any atom is 0.0598 e. The number of rotatable bonds is 3. The van der Waals surface area contributed by atoms with Gasteiger partial charge < -0.3 is 4.74 Å². The first-order valence-electron chi connectivity index (χ1n) is 7.07. The number of nitrogens with zero attached hydrogens (tertiary/aromatic N) is 1. The third-order valence-corrected chi connectivity index (χ3v) is 3.62. The van der Waals surface area contributed by atoms with E-state index in [4.69, 9.17) is 4.74 Å². The van der Waals surface area contributed by atoms with Crippen LogP contribution >= 0.6 is 0 Å². The lowest BCUT2D eigenvalue weighted by molar-refractivity contribution is -0.0148. The van der Waals surface area contributed by atoms with Crippen LogP contribution in [-0.4, -0.2) is 35.7 Å². The first kappa shape index (κ1) is 15.0. The van der Waals surface area contributed by atoms with Gasteiger partial charge in [-0.2, -0.15) is 0 Å². The highest BCUT2D eigenvalue weighted by Crippen LogP contribution is 2.26. The standard InChI is InChI=1S/C15H31NO/c1-14(2,3)16-10-7-13(8-11-16)9-12-17-15(4,5)6/h13H,7-12H2,1-6H3. The quantitative estimate of drug-likeness (QED) is 0.747. The van der Waals surface area contributed by atoms with Crippen LogP contribution in [0.4, 0.5) is 0 Å². The van der Waals surface area contributed by atoms with Crippen LogP contribution in [0.5, 0.6) is 0 Å². The lowest BCUT2D eigenvalue weighted by Gasteiger charge is -2.41. The number of ether oxygens (including phenoxy) is 1. The van der Waals surface area contributed by atoms with Crippen molar-refractivity contribution in [2.45, 2.75) is 71.9 Å². The van der Waals surface area contributed by atoms with Crippen molar-refractivity contribution in [1.82, 2.24) is 4.90 Å². The molecule has 0 spiro atoms. The van der Waals surface area contributed by atoms with Crippen molar-refractivity contribution in [3.8, 4) is 0 Å². The first-order valence-corrected chi connectivity index (χ1v) is 7.07. The molecule has 17 heavy (non-hydrogen) atoms. The summed E-state index contributed by atoms with van der Waals surface area (Å²) in [4.78, 5) is 2.61. The van der Waals surface area contributed by atoms with Crippen molar-refractivity contribution >= 4 is 0 Å². The summed E-state index contributed by atoms with van der Waals surface area (Å²) in [7, 11) is 0. The third-order valence-electron chi connectivity index (χ3n) is 3.62. The molecule has 0 aromatic heterocycles. The van der Waals surface area contributed by atoms with Crippen LogP contribution in [0.3, 0.4) is 0 Å². The fourth-order valence-corrected chi connectivity index (χ4v) is 2.42. The molecule has 102 valence electrons. The van der Waals surface area contributed by atoms with Crippen LogP contribution in [-0.2, 0) is 4.74 Å². The molecule has 0 unspecified atom stereocenters. The molecule has 0 aromatic rings. The highest BCUT2D eigenvalue weighted by Gasteiger charge is 2.26.